The molecule has 2 aromatic rings. The number of fused-ring (bicyclic) bond motifs is 1. The molecule has 6 nitrogen and oxygen atoms in total. The second-order valence-electron chi connectivity index (χ2n) is 6.22. The minimum atomic E-state index is -0.196. The number of rotatable bonds is 6. The van der Waals surface area contributed by atoms with Crippen LogP contribution in [0.15, 0.2) is 17.8 Å². The number of carbonyl (C=O) groups is 1. The van der Waals surface area contributed by atoms with Crippen molar-refractivity contribution >= 4 is 17.2 Å². The Morgan fingerprint density at radius 3 is 3.08 bits per heavy atom. The van der Waals surface area contributed by atoms with Gasteiger partial charge < -0.3 is 14.6 Å². The van der Waals surface area contributed by atoms with Gasteiger partial charge in [-0.05, 0) is 23.9 Å². The predicted molar refractivity (Wildman–Crippen MR) is 94.0 cm³/mol. The summed E-state index contributed by atoms with van der Waals surface area (Å²) in [4.78, 5) is 20.8. The van der Waals surface area contributed by atoms with Gasteiger partial charge in [0.25, 0.3) is 0 Å². The normalized spacial score (nSPS) is 17.7. The monoisotopic (exact) mass is 348 g/mol. The van der Waals surface area contributed by atoms with E-state index in [9.17, 15) is 4.79 Å². The number of methoxy groups -OCH3 is 1. The fourth-order valence-corrected chi connectivity index (χ4v) is 4.12. The van der Waals surface area contributed by atoms with Gasteiger partial charge in [-0.3, -0.25) is 9.69 Å². The third-order valence-corrected chi connectivity index (χ3v) is 5.47. The second-order valence-corrected chi connectivity index (χ2v) is 7.22. The van der Waals surface area contributed by atoms with Crippen LogP contribution in [0.25, 0.3) is 0 Å². The maximum atomic E-state index is 12.7. The average molecular weight is 348 g/mol. The summed E-state index contributed by atoms with van der Waals surface area (Å²) in [7, 11) is 3.59. The fraction of sp³-hybridized carbons (Fsp3) is 0.529. The molecule has 3 rings (SSSR count). The van der Waals surface area contributed by atoms with E-state index in [2.05, 4.69) is 33.6 Å². The van der Waals surface area contributed by atoms with Crippen LogP contribution in [0.4, 0.5) is 0 Å². The molecule has 130 valence electrons. The lowest BCUT2D eigenvalue weighted by Gasteiger charge is -2.32. The summed E-state index contributed by atoms with van der Waals surface area (Å²) in [5.74, 6) is -0.150. The Bertz CT molecular complexity index is 709. The minimum absolute atomic E-state index is 0.0458. The van der Waals surface area contributed by atoms with Gasteiger partial charge >= 0.3 is 0 Å². The van der Waals surface area contributed by atoms with Crippen LogP contribution in [-0.4, -0.2) is 47.2 Å². The lowest BCUT2D eigenvalue weighted by atomic mass is 9.97. The van der Waals surface area contributed by atoms with E-state index in [1.54, 1.807) is 24.8 Å². The third kappa shape index (κ3) is 3.53. The zero-order valence-electron chi connectivity index (χ0n) is 14.4. The minimum Gasteiger partial charge on any atom is -0.383 e. The number of amides is 1. The van der Waals surface area contributed by atoms with E-state index >= 15 is 0 Å². The summed E-state index contributed by atoms with van der Waals surface area (Å²) in [6.07, 6.45) is 1.81. The summed E-state index contributed by atoms with van der Waals surface area (Å²) >= 11 is 1.77. The number of nitrogens with one attached hydrogen (secondary N) is 1. The van der Waals surface area contributed by atoms with E-state index in [-0.39, 0.29) is 11.8 Å². The molecule has 0 saturated heterocycles. The van der Waals surface area contributed by atoms with Crippen LogP contribution >= 0.6 is 11.3 Å². The maximum Gasteiger partial charge on any atom is 0.230 e. The van der Waals surface area contributed by atoms with Crippen LogP contribution in [-0.2, 0) is 29.7 Å². The van der Waals surface area contributed by atoms with Gasteiger partial charge in [0.15, 0.2) is 0 Å². The van der Waals surface area contributed by atoms with Gasteiger partial charge in [-0.1, -0.05) is 0 Å². The van der Waals surface area contributed by atoms with E-state index in [4.69, 9.17) is 4.74 Å². The van der Waals surface area contributed by atoms with Gasteiger partial charge in [0.05, 0.1) is 30.2 Å². The summed E-state index contributed by atoms with van der Waals surface area (Å²) in [6.45, 7) is 5.55. The smallest absolute Gasteiger partial charge is 0.230 e. The Balaban J connectivity index is 1.77. The molecule has 0 fully saturated rings. The van der Waals surface area contributed by atoms with Gasteiger partial charge in [0.1, 0.15) is 0 Å². The second kappa shape index (κ2) is 7.46. The molecule has 24 heavy (non-hydrogen) atoms. The Morgan fingerprint density at radius 1 is 1.54 bits per heavy atom. The molecular formula is C17H24N4O2S. The Morgan fingerprint density at radius 2 is 2.38 bits per heavy atom. The van der Waals surface area contributed by atoms with Crippen molar-refractivity contribution in [1.29, 1.82) is 0 Å². The highest BCUT2D eigenvalue weighted by atomic mass is 32.1. The average Bonchev–Trinajstić information content (AvgIpc) is 3.13. The molecule has 0 saturated carbocycles. The highest BCUT2D eigenvalue weighted by Crippen LogP contribution is 2.29. The number of thiophene rings is 1. The molecule has 0 spiro atoms. The summed E-state index contributed by atoms with van der Waals surface area (Å²) in [5.41, 5.74) is 3.35. The van der Waals surface area contributed by atoms with Crippen molar-refractivity contribution in [2.75, 3.05) is 26.8 Å². The first kappa shape index (κ1) is 17.1. The molecule has 1 aliphatic heterocycles. The summed E-state index contributed by atoms with van der Waals surface area (Å²) in [5, 5.41) is 5.09. The van der Waals surface area contributed by atoms with E-state index in [1.807, 2.05) is 11.6 Å². The molecule has 0 aliphatic carbocycles. The molecular weight excluding hydrogens is 324 g/mol. The first-order valence-corrected chi connectivity index (χ1v) is 9.00. The van der Waals surface area contributed by atoms with Crippen LogP contribution in [0.3, 0.4) is 0 Å². The van der Waals surface area contributed by atoms with Crippen molar-refractivity contribution in [3.05, 3.63) is 39.6 Å². The lowest BCUT2D eigenvalue weighted by molar-refractivity contribution is -0.123. The molecule has 1 amide bonds. The van der Waals surface area contributed by atoms with E-state index < -0.39 is 0 Å². The SMILES string of the molecule is COCCNC(=O)[C@@H]1CN(Cc2sccc2C)Cc2ncn(C)c21. The van der Waals surface area contributed by atoms with Crippen molar-refractivity contribution < 1.29 is 9.53 Å². The highest BCUT2D eigenvalue weighted by molar-refractivity contribution is 7.10. The number of carbonyl (C=O) groups excluding carboxylic acids is 1. The molecule has 0 unspecified atom stereocenters. The number of aromatic nitrogens is 2. The Labute approximate surface area is 146 Å². The number of imidazole rings is 1. The van der Waals surface area contributed by atoms with Crippen molar-refractivity contribution in [2.24, 2.45) is 7.05 Å². The summed E-state index contributed by atoms with van der Waals surface area (Å²) in [6, 6.07) is 2.14. The molecule has 7 heteroatoms. The van der Waals surface area contributed by atoms with Crippen molar-refractivity contribution in [2.45, 2.75) is 25.9 Å². The molecule has 0 bridgehead atoms. The number of ether oxygens (including phenoxy) is 1. The van der Waals surface area contributed by atoms with Crippen LogP contribution < -0.4 is 5.32 Å². The zero-order chi connectivity index (χ0) is 17.1. The van der Waals surface area contributed by atoms with Crippen molar-refractivity contribution in [3.63, 3.8) is 0 Å². The Hall–Kier alpha value is -1.70. The quantitative estimate of drug-likeness (QED) is 0.807. The van der Waals surface area contributed by atoms with Crippen LogP contribution in [0.5, 0.6) is 0 Å². The van der Waals surface area contributed by atoms with Gasteiger partial charge in [0.2, 0.25) is 5.91 Å². The fourth-order valence-electron chi connectivity index (χ4n) is 3.17. The standard InChI is InChI=1S/C17H24N4O2S/c1-12-4-7-24-15(12)10-21-8-13(17(22)18-5-6-23-3)16-14(9-21)19-11-20(16)2/h4,7,11,13H,5-6,8-10H2,1-3H3,(H,18,22)/t13-/m1/s1. The van der Waals surface area contributed by atoms with Crippen molar-refractivity contribution in [1.82, 2.24) is 19.8 Å². The summed E-state index contributed by atoms with van der Waals surface area (Å²) < 4.78 is 7.00. The van der Waals surface area contributed by atoms with Crippen LogP contribution in [0.2, 0.25) is 0 Å². The zero-order valence-corrected chi connectivity index (χ0v) is 15.2. The molecule has 0 radical (unpaired) electrons. The van der Waals surface area contributed by atoms with Crippen molar-refractivity contribution in [3.8, 4) is 0 Å². The van der Waals surface area contributed by atoms with Crippen LogP contribution in [0.1, 0.15) is 27.7 Å². The number of aryl methyl sites for hydroxylation is 2. The molecule has 0 aromatic carbocycles. The third-order valence-electron chi connectivity index (χ3n) is 4.46. The van der Waals surface area contributed by atoms with E-state index in [1.165, 1.54) is 10.4 Å². The molecule has 3 heterocycles. The lowest BCUT2D eigenvalue weighted by Crippen LogP contribution is -2.42. The number of hydrogen-bond acceptors (Lipinski definition) is 5. The molecule has 1 aliphatic rings. The van der Waals surface area contributed by atoms with Gasteiger partial charge in [-0.25, -0.2) is 4.98 Å². The first-order valence-electron chi connectivity index (χ1n) is 8.12. The van der Waals surface area contributed by atoms with Gasteiger partial charge in [0, 0.05) is 45.2 Å². The van der Waals surface area contributed by atoms with E-state index in [0.717, 1.165) is 24.5 Å². The predicted octanol–water partition coefficient (Wildman–Crippen LogP) is 1.65. The molecule has 1 atom stereocenters. The largest absolute Gasteiger partial charge is 0.383 e. The topological polar surface area (TPSA) is 59.4 Å². The van der Waals surface area contributed by atoms with Gasteiger partial charge in [-0.2, -0.15) is 0 Å². The first-order chi connectivity index (χ1) is 11.6. The highest BCUT2D eigenvalue weighted by Gasteiger charge is 2.33. The van der Waals surface area contributed by atoms with Gasteiger partial charge in [-0.15, -0.1) is 11.3 Å². The number of nitrogens with zero attached hydrogens (tertiary/aromatic N) is 3. The Kier molecular flexibility index (Phi) is 5.33. The molecule has 2 aromatic heterocycles. The van der Waals surface area contributed by atoms with Crippen LogP contribution in [0, 0.1) is 6.92 Å². The maximum absolute atomic E-state index is 12.7. The molecule has 1 N–H and O–H groups in total. The van der Waals surface area contributed by atoms with E-state index in [0.29, 0.717) is 19.7 Å². The number of hydrogen-bond donors (Lipinski definition) is 1.